The lowest BCUT2D eigenvalue weighted by atomic mass is 10.1. The number of hydrogen-bond acceptors (Lipinski definition) is 3. The Bertz CT molecular complexity index is 573. The van der Waals surface area contributed by atoms with Gasteiger partial charge in [-0.15, -0.1) is 0 Å². The summed E-state index contributed by atoms with van der Waals surface area (Å²) in [6, 6.07) is 8.98. The van der Waals surface area contributed by atoms with Crippen LogP contribution in [0.5, 0.6) is 0 Å². The molecule has 1 unspecified atom stereocenters. The molecular formula is C17H22N2O4. The average molecular weight is 318 g/mol. The molecule has 1 aromatic rings. The Morgan fingerprint density at radius 3 is 2.57 bits per heavy atom. The molecule has 1 aliphatic heterocycles. The number of carbonyl (C=O) groups excluding carboxylic acids is 2. The van der Waals surface area contributed by atoms with Gasteiger partial charge in [-0.1, -0.05) is 30.3 Å². The number of benzene rings is 1. The Labute approximate surface area is 135 Å². The van der Waals surface area contributed by atoms with Crippen LogP contribution in [0.4, 0.5) is 0 Å². The van der Waals surface area contributed by atoms with Crippen LogP contribution in [0.15, 0.2) is 30.3 Å². The van der Waals surface area contributed by atoms with Crippen LogP contribution in [-0.2, 0) is 20.8 Å². The molecule has 1 aromatic carbocycles. The summed E-state index contributed by atoms with van der Waals surface area (Å²) < 4.78 is 0. The van der Waals surface area contributed by atoms with Crippen LogP contribution in [0.3, 0.4) is 0 Å². The van der Waals surface area contributed by atoms with Crippen molar-refractivity contribution in [1.82, 2.24) is 9.80 Å². The summed E-state index contributed by atoms with van der Waals surface area (Å²) in [5.74, 6) is -1.45. The zero-order valence-corrected chi connectivity index (χ0v) is 13.3. The van der Waals surface area contributed by atoms with E-state index in [-0.39, 0.29) is 18.4 Å². The number of nitrogens with zero attached hydrogens (tertiary/aromatic N) is 2. The van der Waals surface area contributed by atoms with Gasteiger partial charge in [-0.25, -0.2) is 4.79 Å². The van der Waals surface area contributed by atoms with Gasteiger partial charge in [-0.05, 0) is 24.8 Å². The number of aliphatic carboxylic acids is 1. The van der Waals surface area contributed by atoms with Crippen molar-refractivity contribution in [3.63, 3.8) is 0 Å². The fourth-order valence-electron chi connectivity index (χ4n) is 2.83. The largest absolute Gasteiger partial charge is 0.480 e. The summed E-state index contributed by atoms with van der Waals surface area (Å²) in [7, 11) is 0. The summed E-state index contributed by atoms with van der Waals surface area (Å²) in [6.45, 7) is 2.25. The average Bonchev–Trinajstić information content (AvgIpc) is 3.02. The minimum absolute atomic E-state index is 0.0635. The second-order valence-corrected chi connectivity index (χ2v) is 5.76. The van der Waals surface area contributed by atoms with Crippen molar-refractivity contribution in [2.45, 2.75) is 32.2 Å². The van der Waals surface area contributed by atoms with E-state index in [0.717, 1.165) is 5.56 Å². The zero-order valence-electron chi connectivity index (χ0n) is 13.3. The summed E-state index contributed by atoms with van der Waals surface area (Å²) in [5.41, 5.74) is 1.09. The Morgan fingerprint density at radius 1 is 1.26 bits per heavy atom. The highest BCUT2D eigenvalue weighted by atomic mass is 16.4. The van der Waals surface area contributed by atoms with E-state index in [1.807, 2.05) is 30.3 Å². The molecule has 0 aromatic heterocycles. The van der Waals surface area contributed by atoms with E-state index in [1.54, 1.807) is 0 Å². The lowest BCUT2D eigenvalue weighted by molar-refractivity contribution is -0.149. The third-order valence-electron chi connectivity index (χ3n) is 4.14. The van der Waals surface area contributed by atoms with Crippen molar-refractivity contribution in [2.75, 3.05) is 19.6 Å². The van der Waals surface area contributed by atoms with Crippen molar-refractivity contribution in [1.29, 1.82) is 0 Å². The highest BCUT2D eigenvalue weighted by Gasteiger charge is 2.34. The van der Waals surface area contributed by atoms with E-state index >= 15 is 0 Å². The van der Waals surface area contributed by atoms with E-state index in [1.165, 1.54) is 16.7 Å². The minimum Gasteiger partial charge on any atom is -0.480 e. The first-order valence-electron chi connectivity index (χ1n) is 7.80. The first-order valence-corrected chi connectivity index (χ1v) is 7.80. The van der Waals surface area contributed by atoms with Crippen LogP contribution in [0.2, 0.25) is 0 Å². The van der Waals surface area contributed by atoms with Gasteiger partial charge in [-0.2, -0.15) is 0 Å². The number of carboxylic acids is 1. The van der Waals surface area contributed by atoms with Gasteiger partial charge >= 0.3 is 5.97 Å². The maximum atomic E-state index is 12.4. The molecule has 23 heavy (non-hydrogen) atoms. The van der Waals surface area contributed by atoms with Gasteiger partial charge in [-0.3, -0.25) is 9.59 Å². The maximum Gasteiger partial charge on any atom is 0.326 e. The Kier molecular flexibility index (Phi) is 5.73. The zero-order chi connectivity index (χ0) is 16.8. The molecule has 1 N–H and O–H groups in total. The second-order valence-electron chi connectivity index (χ2n) is 5.76. The van der Waals surface area contributed by atoms with Gasteiger partial charge in [0.15, 0.2) is 0 Å². The number of amides is 2. The van der Waals surface area contributed by atoms with Crippen LogP contribution in [0.1, 0.15) is 25.3 Å². The molecule has 6 heteroatoms. The molecule has 2 rings (SSSR count). The highest BCUT2D eigenvalue weighted by molar-refractivity contribution is 5.88. The summed E-state index contributed by atoms with van der Waals surface area (Å²) in [4.78, 5) is 38.2. The lowest BCUT2D eigenvalue weighted by Crippen LogP contribution is -2.47. The normalized spacial score (nSPS) is 17.1. The Balaban J connectivity index is 1.95. The Hall–Kier alpha value is -2.37. The molecule has 124 valence electrons. The predicted octanol–water partition coefficient (Wildman–Crippen LogP) is 1.15. The van der Waals surface area contributed by atoms with E-state index in [2.05, 4.69) is 0 Å². The molecule has 1 heterocycles. The smallest absolute Gasteiger partial charge is 0.326 e. The Morgan fingerprint density at radius 2 is 1.96 bits per heavy atom. The molecule has 1 atom stereocenters. The topological polar surface area (TPSA) is 77.9 Å². The quantitative estimate of drug-likeness (QED) is 0.853. The minimum atomic E-state index is -0.977. The molecule has 0 spiro atoms. The molecule has 0 bridgehead atoms. The third kappa shape index (κ3) is 4.55. The van der Waals surface area contributed by atoms with E-state index in [4.69, 9.17) is 5.11 Å². The molecule has 0 aliphatic carbocycles. The van der Waals surface area contributed by atoms with Crippen LogP contribution in [-0.4, -0.2) is 58.4 Å². The standard InChI is InChI=1S/C17H22N2O4/c1-13(20)18(11-9-14-6-3-2-4-7-14)12-16(21)19-10-5-8-15(19)17(22)23/h2-4,6-7,15H,5,8-12H2,1H3,(H,22,23). The number of likely N-dealkylation sites (tertiary alicyclic amines) is 1. The fraction of sp³-hybridized carbons (Fsp3) is 0.471. The molecule has 1 saturated heterocycles. The lowest BCUT2D eigenvalue weighted by Gasteiger charge is -2.26. The van der Waals surface area contributed by atoms with Gasteiger partial charge in [0.25, 0.3) is 0 Å². The van der Waals surface area contributed by atoms with Crippen molar-refractivity contribution in [3.05, 3.63) is 35.9 Å². The summed E-state index contributed by atoms with van der Waals surface area (Å²) in [6.07, 6.45) is 1.83. The highest BCUT2D eigenvalue weighted by Crippen LogP contribution is 2.18. The molecule has 6 nitrogen and oxygen atoms in total. The molecular weight excluding hydrogens is 296 g/mol. The maximum absolute atomic E-state index is 12.4. The van der Waals surface area contributed by atoms with E-state index in [9.17, 15) is 14.4 Å². The number of hydrogen-bond donors (Lipinski definition) is 1. The second kappa shape index (κ2) is 7.76. The summed E-state index contributed by atoms with van der Waals surface area (Å²) >= 11 is 0. The SMILES string of the molecule is CC(=O)N(CCc1ccccc1)CC(=O)N1CCCC1C(=O)O. The van der Waals surface area contributed by atoms with Crippen molar-refractivity contribution in [2.24, 2.45) is 0 Å². The van der Waals surface area contributed by atoms with Gasteiger partial charge < -0.3 is 14.9 Å². The number of rotatable bonds is 6. The van der Waals surface area contributed by atoms with E-state index < -0.39 is 12.0 Å². The van der Waals surface area contributed by atoms with Gasteiger partial charge in [0.1, 0.15) is 6.04 Å². The molecule has 2 amide bonds. The van der Waals surface area contributed by atoms with Gasteiger partial charge in [0.05, 0.1) is 6.54 Å². The molecule has 0 radical (unpaired) electrons. The van der Waals surface area contributed by atoms with Crippen LogP contribution in [0, 0.1) is 0 Å². The van der Waals surface area contributed by atoms with Crippen LogP contribution >= 0.6 is 0 Å². The van der Waals surface area contributed by atoms with E-state index in [0.29, 0.717) is 32.4 Å². The molecule has 1 aliphatic rings. The first kappa shape index (κ1) is 17.0. The van der Waals surface area contributed by atoms with Crippen molar-refractivity contribution in [3.8, 4) is 0 Å². The first-order chi connectivity index (χ1) is 11.0. The predicted molar refractivity (Wildman–Crippen MR) is 84.8 cm³/mol. The summed E-state index contributed by atoms with van der Waals surface area (Å²) in [5, 5.41) is 9.15. The molecule has 1 fully saturated rings. The van der Waals surface area contributed by atoms with Crippen LogP contribution in [0.25, 0.3) is 0 Å². The van der Waals surface area contributed by atoms with Gasteiger partial charge in [0.2, 0.25) is 11.8 Å². The third-order valence-corrected chi connectivity index (χ3v) is 4.14. The number of carboxylic acid groups (broad SMARTS) is 1. The number of carbonyl (C=O) groups is 3. The molecule has 0 saturated carbocycles. The fourth-order valence-corrected chi connectivity index (χ4v) is 2.83. The monoisotopic (exact) mass is 318 g/mol. The van der Waals surface area contributed by atoms with Gasteiger partial charge in [0, 0.05) is 20.0 Å². The van der Waals surface area contributed by atoms with Crippen molar-refractivity contribution >= 4 is 17.8 Å². The van der Waals surface area contributed by atoms with Crippen LogP contribution < -0.4 is 0 Å². The van der Waals surface area contributed by atoms with Crippen molar-refractivity contribution < 1.29 is 19.5 Å².